The number of allylic oxidation sites excluding steroid dienone is 1. The standard InChI is InChI=1S/C24H22N4O/c1-16-21(18-4-2-5-19(14-18)23(26)29)10-11-22(27-16)28-24(12-3-13-24)20-8-6-17(15-25)7-9-20/h2,4-11,14,21H,1,3,12-13H2,(H2,26,29)(H,27,28). The van der Waals surface area contributed by atoms with Crippen LogP contribution in [-0.4, -0.2) is 11.7 Å². The number of carbonyl (C=O) groups excluding carboxylic acids is 1. The summed E-state index contributed by atoms with van der Waals surface area (Å²) < 4.78 is 0. The highest BCUT2D eigenvalue weighted by Gasteiger charge is 2.39. The molecule has 1 fully saturated rings. The first-order valence-electron chi connectivity index (χ1n) is 9.65. The fraction of sp³-hybridized carbons (Fsp3) is 0.208. The van der Waals surface area contributed by atoms with E-state index in [0.29, 0.717) is 11.1 Å². The highest BCUT2D eigenvalue weighted by molar-refractivity contribution is 5.96. The molecule has 1 atom stereocenters. The SMILES string of the molecule is C=C1NC(=NC2(c3ccc(C#N)cc3)CCC2)C=CC1c1cccc(C(N)=O)c1. The summed E-state index contributed by atoms with van der Waals surface area (Å²) in [5.41, 5.74) is 9.19. The van der Waals surface area contributed by atoms with Crippen molar-refractivity contribution in [1.29, 1.82) is 5.26 Å². The number of amides is 1. The quantitative estimate of drug-likeness (QED) is 0.840. The Morgan fingerprint density at radius 1 is 1.24 bits per heavy atom. The van der Waals surface area contributed by atoms with E-state index in [2.05, 4.69) is 18.0 Å². The van der Waals surface area contributed by atoms with Crippen LogP contribution >= 0.6 is 0 Å². The maximum Gasteiger partial charge on any atom is 0.248 e. The summed E-state index contributed by atoms with van der Waals surface area (Å²) in [7, 11) is 0. The van der Waals surface area contributed by atoms with Crippen LogP contribution in [-0.2, 0) is 5.54 Å². The Kier molecular flexibility index (Phi) is 4.77. The number of aliphatic imine (C=N–C) groups is 1. The molecule has 2 aliphatic rings. The number of hydrogen-bond donors (Lipinski definition) is 2. The molecule has 4 rings (SSSR count). The highest BCUT2D eigenvalue weighted by Crippen LogP contribution is 2.45. The summed E-state index contributed by atoms with van der Waals surface area (Å²) in [5.74, 6) is 0.281. The van der Waals surface area contributed by atoms with Gasteiger partial charge in [0, 0.05) is 17.2 Å². The van der Waals surface area contributed by atoms with E-state index in [9.17, 15) is 4.79 Å². The van der Waals surface area contributed by atoms with E-state index in [-0.39, 0.29) is 11.5 Å². The molecule has 1 heterocycles. The van der Waals surface area contributed by atoms with Gasteiger partial charge in [0.05, 0.1) is 17.2 Å². The highest BCUT2D eigenvalue weighted by atomic mass is 16.1. The van der Waals surface area contributed by atoms with Gasteiger partial charge in [-0.25, -0.2) is 0 Å². The van der Waals surface area contributed by atoms with Gasteiger partial charge in [-0.05, 0) is 60.7 Å². The van der Waals surface area contributed by atoms with Crippen molar-refractivity contribution >= 4 is 11.7 Å². The average Bonchev–Trinajstić information content (AvgIpc) is 2.71. The molecular weight excluding hydrogens is 360 g/mol. The lowest BCUT2D eigenvalue weighted by Gasteiger charge is -2.40. The third-order valence-electron chi connectivity index (χ3n) is 5.71. The molecule has 29 heavy (non-hydrogen) atoms. The van der Waals surface area contributed by atoms with Gasteiger partial charge >= 0.3 is 0 Å². The lowest BCUT2D eigenvalue weighted by molar-refractivity contribution is 0.1000. The van der Waals surface area contributed by atoms with Gasteiger partial charge in [0.1, 0.15) is 5.84 Å². The molecule has 0 aromatic heterocycles. The Labute approximate surface area is 170 Å². The molecule has 1 aliphatic heterocycles. The number of primary amides is 1. The van der Waals surface area contributed by atoms with Crippen molar-refractivity contribution < 1.29 is 4.79 Å². The number of amidine groups is 1. The number of nitrogens with one attached hydrogen (secondary N) is 1. The summed E-state index contributed by atoms with van der Waals surface area (Å²) in [4.78, 5) is 16.5. The number of nitrogens with two attached hydrogens (primary N) is 1. The molecule has 0 saturated heterocycles. The van der Waals surface area contributed by atoms with Crippen molar-refractivity contribution in [2.24, 2.45) is 10.7 Å². The Morgan fingerprint density at radius 2 is 2.00 bits per heavy atom. The normalized spacial score (nSPS) is 21.1. The van der Waals surface area contributed by atoms with Crippen molar-refractivity contribution in [1.82, 2.24) is 5.32 Å². The lowest BCUT2D eigenvalue weighted by atomic mass is 9.72. The molecular formula is C24H22N4O. The molecule has 2 aromatic rings. The number of carbonyl (C=O) groups is 1. The molecule has 2 aromatic carbocycles. The Balaban J connectivity index is 1.60. The Hall–Kier alpha value is -3.65. The summed E-state index contributed by atoms with van der Waals surface area (Å²) in [6.07, 6.45) is 7.11. The van der Waals surface area contributed by atoms with Gasteiger partial charge < -0.3 is 11.1 Å². The molecule has 1 amide bonds. The molecule has 0 bridgehead atoms. The summed E-state index contributed by atoms with van der Waals surface area (Å²) in [6, 6.07) is 17.2. The second kappa shape index (κ2) is 7.40. The second-order valence-electron chi connectivity index (χ2n) is 7.55. The van der Waals surface area contributed by atoms with Gasteiger partial charge in [0.15, 0.2) is 0 Å². The fourth-order valence-electron chi connectivity index (χ4n) is 3.91. The van der Waals surface area contributed by atoms with Crippen molar-refractivity contribution in [2.45, 2.75) is 30.7 Å². The van der Waals surface area contributed by atoms with Crippen molar-refractivity contribution in [3.05, 3.63) is 95.2 Å². The maximum atomic E-state index is 11.5. The number of benzene rings is 2. The van der Waals surface area contributed by atoms with Gasteiger partial charge in [-0.15, -0.1) is 0 Å². The predicted octanol–water partition coefficient (Wildman–Crippen LogP) is 3.89. The zero-order valence-corrected chi connectivity index (χ0v) is 16.1. The third kappa shape index (κ3) is 3.57. The van der Waals surface area contributed by atoms with E-state index in [1.165, 1.54) is 0 Å². The summed E-state index contributed by atoms with van der Waals surface area (Å²) >= 11 is 0. The van der Waals surface area contributed by atoms with Gasteiger partial charge in [-0.1, -0.05) is 36.9 Å². The van der Waals surface area contributed by atoms with Crippen LogP contribution in [0.5, 0.6) is 0 Å². The topological polar surface area (TPSA) is 91.3 Å². The largest absolute Gasteiger partial charge is 0.366 e. The Bertz CT molecular complexity index is 1070. The molecule has 5 heteroatoms. The van der Waals surface area contributed by atoms with Crippen molar-refractivity contribution in [3.8, 4) is 6.07 Å². The van der Waals surface area contributed by atoms with Crippen LogP contribution in [0.2, 0.25) is 0 Å². The first-order valence-corrected chi connectivity index (χ1v) is 9.65. The number of nitrogens with zero attached hydrogens (tertiary/aromatic N) is 2. The Morgan fingerprint density at radius 3 is 2.59 bits per heavy atom. The molecule has 0 radical (unpaired) electrons. The number of hydrogen-bond acceptors (Lipinski definition) is 3. The van der Waals surface area contributed by atoms with E-state index in [4.69, 9.17) is 16.0 Å². The summed E-state index contributed by atoms with van der Waals surface area (Å²) in [6.45, 7) is 4.17. The van der Waals surface area contributed by atoms with Crippen LogP contribution in [0, 0.1) is 11.3 Å². The van der Waals surface area contributed by atoms with E-state index in [0.717, 1.165) is 41.9 Å². The molecule has 3 N–H and O–H groups in total. The minimum atomic E-state index is -0.443. The third-order valence-corrected chi connectivity index (χ3v) is 5.71. The van der Waals surface area contributed by atoms with Crippen molar-refractivity contribution in [3.63, 3.8) is 0 Å². The molecule has 144 valence electrons. The number of nitriles is 1. The minimum Gasteiger partial charge on any atom is -0.366 e. The zero-order chi connectivity index (χ0) is 20.4. The molecule has 1 unspecified atom stereocenters. The van der Waals surface area contributed by atoms with Gasteiger partial charge in [0.2, 0.25) is 5.91 Å². The number of rotatable bonds is 4. The monoisotopic (exact) mass is 382 g/mol. The van der Waals surface area contributed by atoms with Crippen LogP contribution in [0.3, 0.4) is 0 Å². The van der Waals surface area contributed by atoms with Crippen LogP contribution in [0.1, 0.15) is 52.2 Å². The van der Waals surface area contributed by atoms with Crippen molar-refractivity contribution in [2.75, 3.05) is 0 Å². The molecule has 1 saturated carbocycles. The summed E-state index contributed by atoms with van der Waals surface area (Å²) in [5, 5.41) is 12.4. The van der Waals surface area contributed by atoms with Gasteiger partial charge in [-0.2, -0.15) is 5.26 Å². The van der Waals surface area contributed by atoms with Crippen LogP contribution < -0.4 is 11.1 Å². The first-order chi connectivity index (χ1) is 14.0. The average molecular weight is 382 g/mol. The van der Waals surface area contributed by atoms with E-state index < -0.39 is 5.91 Å². The minimum absolute atomic E-state index is 0.0551. The van der Waals surface area contributed by atoms with E-state index in [1.807, 2.05) is 48.6 Å². The van der Waals surface area contributed by atoms with Crippen LogP contribution in [0.4, 0.5) is 0 Å². The molecule has 1 aliphatic carbocycles. The molecule has 0 spiro atoms. The van der Waals surface area contributed by atoms with Crippen LogP contribution in [0.25, 0.3) is 0 Å². The first kappa shape index (κ1) is 18.7. The van der Waals surface area contributed by atoms with Gasteiger partial charge in [-0.3, -0.25) is 9.79 Å². The maximum absolute atomic E-state index is 11.5. The lowest BCUT2D eigenvalue weighted by Crippen LogP contribution is -2.37. The fourth-order valence-corrected chi connectivity index (χ4v) is 3.91. The van der Waals surface area contributed by atoms with Gasteiger partial charge in [0.25, 0.3) is 0 Å². The van der Waals surface area contributed by atoms with E-state index >= 15 is 0 Å². The van der Waals surface area contributed by atoms with E-state index in [1.54, 1.807) is 12.1 Å². The zero-order valence-electron chi connectivity index (χ0n) is 16.1. The predicted molar refractivity (Wildman–Crippen MR) is 113 cm³/mol. The second-order valence-corrected chi connectivity index (χ2v) is 7.55. The smallest absolute Gasteiger partial charge is 0.248 e. The van der Waals surface area contributed by atoms with Crippen LogP contribution in [0.15, 0.2) is 78.0 Å². The molecule has 5 nitrogen and oxygen atoms in total.